The van der Waals surface area contributed by atoms with Gasteiger partial charge in [0.25, 0.3) is 0 Å². The van der Waals surface area contributed by atoms with Crippen LogP contribution in [0.15, 0.2) is 16.6 Å². The van der Waals surface area contributed by atoms with E-state index in [2.05, 4.69) is 15.9 Å². The summed E-state index contributed by atoms with van der Waals surface area (Å²) < 4.78 is 58.7. The lowest BCUT2D eigenvalue weighted by atomic mass is 10.1. The normalized spacial score (nSPS) is 11.0. The van der Waals surface area contributed by atoms with Crippen molar-refractivity contribution >= 4 is 26.7 Å². The Balaban J connectivity index is 2.85. The van der Waals surface area contributed by atoms with Crippen LogP contribution in [0.4, 0.5) is 17.6 Å². The van der Waals surface area contributed by atoms with Crippen molar-refractivity contribution in [1.29, 1.82) is 0 Å². The molecule has 0 heterocycles. The first-order valence-electron chi connectivity index (χ1n) is 5.05. The summed E-state index contributed by atoms with van der Waals surface area (Å²) in [4.78, 5) is 0. The van der Waals surface area contributed by atoms with E-state index < -0.39 is 23.3 Å². The second-order valence-electron chi connectivity index (χ2n) is 3.52. The summed E-state index contributed by atoms with van der Waals surface area (Å²) in [7, 11) is 0. The highest BCUT2D eigenvalue weighted by Crippen LogP contribution is 2.35. The fraction of sp³-hybridized carbons (Fsp3) is 0.167. The standard InChI is InChI=1S/C12H7BrF4O/c1-2-18-8-4-6-5(3-7(8)13)9(14)11(16)12(17)10(6)15/h3-4H,2H2,1H3. The van der Waals surface area contributed by atoms with Gasteiger partial charge in [-0.1, -0.05) is 0 Å². The molecule has 0 radical (unpaired) electrons. The summed E-state index contributed by atoms with van der Waals surface area (Å²) in [6.45, 7) is 2.01. The third kappa shape index (κ3) is 1.94. The number of benzene rings is 2. The highest BCUT2D eigenvalue weighted by atomic mass is 79.9. The highest BCUT2D eigenvalue weighted by Gasteiger charge is 2.21. The van der Waals surface area contributed by atoms with Crippen LogP contribution >= 0.6 is 15.9 Å². The Hall–Kier alpha value is -1.30. The van der Waals surface area contributed by atoms with E-state index in [0.717, 1.165) is 12.1 Å². The van der Waals surface area contributed by atoms with Crippen molar-refractivity contribution in [2.45, 2.75) is 6.92 Å². The van der Waals surface area contributed by atoms with Gasteiger partial charge in [0, 0.05) is 10.8 Å². The zero-order chi connectivity index (χ0) is 13.4. The monoisotopic (exact) mass is 322 g/mol. The molecule has 0 aromatic heterocycles. The van der Waals surface area contributed by atoms with E-state index in [-0.39, 0.29) is 16.5 Å². The zero-order valence-electron chi connectivity index (χ0n) is 9.16. The summed E-state index contributed by atoms with van der Waals surface area (Å²) in [6, 6.07) is 2.28. The van der Waals surface area contributed by atoms with Crippen molar-refractivity contribution in [3.05, 3.63) is 39.9 Å². The molecule has 1 nitrogen and oxygen atoms in total. The van der Waals surface area contributed by atoms with Crippen molar-refractivity contribution in [3.63, 3.8) is 0 Å². The first kappa shape index (κ1) is 13.1. The summed E-state index contributed by atoms with van der Waals surface area (Å²) in [5.41, 5.74) is 0. The molecule has 18 heavy (non-hydrogen) atoms. The highest BCUT2D eigenvalue weighted by molar-refractivity contribution is 9.10. The summed E-state index contributed by atoms with van der Waals surface area (Å²) >= 11 is 3.09. The molecule has 0 spiro atoms. The number of rotatable bonds is 2. The number of halogens is 5. The summed E-state index contributed by atoms with van der Waals surface area (Å²) in [5, 5.41) is -0.709. The van der Waals surface area contributed by atoms with Gasteiger partial charge in [0.1, 0.15) is 5.75 Å². The van der Waals surface area contributed by atoms with E-state index in [0.29, 0.717) is 11.1 Å². The Morgan fingerprint density at radius 2 is 1.44 bits per heavy atom. The minimum atomic E-state index is -1.83. The van der Waals surface area contributed by atoms with E-state index >= 15 is 0 Å². The molecule has 0 amide bonds. The van der Waals surface area contributed by atoms with Gasteiger partial charge in [-0.25, -0.2) is 17.6 Å². The Labute approximate surface area is 108 Å². The number of fused-ring (bicyclic) bond motifs is 1. The van der Waals surface area contributed by atoms with E-state index in [1.165, 1.54) is 0 Å². The van der Waals surface area contributed by atoms with Crippen LogP contribution in [-0.4, -0.2) is 6.61 Å². The van der Waals surface area contributed by atoms with E-state index in [1.807, 2.05) is 0 Å². The van der Waals surface area contributed by atoms with Crippen LogP contribution in [0, 0.1) is 23.3 Å². The second kappa shape index (κ2) is 4.76. The smallest absolute Gasteiger partial charge is 0.198 e. The summed E-state index contributed by atoms with van der Waals surface area (Å²) in [6.07, 6.45) is 0. The fourth-order valence-electron chi connectivity index (χ4n) is 1.61. The molecule has 6 heteroatoms. The average Bonchev–Trinajstić information content (AvgIpc) is 2.36. The maximum atomic E-state index is 13.5. The van der Waals surface area contributed by atoms with Crippen LogP contribution in [0.1, 0.15) is 6.92 Å². The van der Waals surface area contributed by atoms with E-state index in [4.69, 9.17) is 4.74 Å². The van der Waals surface area contributed by atoms with Gasteiger partial charge in [-0.15, -0.1) is 0 Å². The summed E-state index contributed by atoms with van der Waals surface area (Å²) in [5.74, 6) is -6.28. The molecule has 0 unspecified atom stereocenters. The molecule has 0 fully saturated rings. The largest absolute Gasteiger partial charge is 0.493 e. The lowest BCUT2D eigenvalue weighted by Gasteiger charge is -2.10. The van der Waals surface area contributed by atoms with Crippen LogP contribution in [0.3, 0.4) is 0 Å². The SMILES string of the molecule is CCOc1cc2c(F)c(F)c(F)c(F)c2cc1Br. The maximum absolute atomic E-state index is 13.5. The zero-order valence-corrected chi connectivity index (χ0v) is 10.7. The Kier molecular flexibility index (Phi) is 3.47. The number of ether oxygens (including phenoxy) is 1. The molecule has 96 valence electrons. The molecule has 0 atom stereocenters. The van der Waals surface area contributed by atoms with Crippen molar-refractivity contribution in [1.82, 2.24) is 0 Å². The van der Waals surface area contributed by atoms with Crippen LogP contribution in [0.25, 0.3) is 10.8 Å². The quantitative estimate of drug-likeness (QED) is 0.447. The van der Waals surface area contributed by atoms with E-state index in [9.17, 15) is 17.6 Å². The molecule has 2 aromatic rings. The van der Waals surface area contributed by atoms with Gasteiger partial charge in [0.05, 0.1) is 11.1 Å². The molecule has 0 N–H and O–H groups in total. The lowest BCUT2D eigenvalue weighted by molar-refractivity contribution is 0.338. The molecule has 0 aliphatic carbocycles. The Morgan fingerprint density at radius 3 is 1.94 bits per heavy atom. The van der Waals surface area contributed by atoms with Gasteiger partial charge in [-0.3, -0.25) is 0 Å². The van der Waals surface area contributed by atoms with Crippen molar-refractivity contribution < 1.29 is 22.3 Å². The van der Waals surface area contributed by atoms with Crippen LogP contribution < -0.4 is 4.74 Å². The van der Waals surface area contributed by atoms with Gasteiger partial charge in [-0.2, -0.15) is 0 Å². The topological polar surface area (TPSA) is 9.23 Å². The van der Waals surface area contributed by atoms with Gasteiger partial charge >= 0.3 is 0 Å². The van der Waals surface area contributed by atoms with Crippen LogP contribution in [0.5, 0.6) is 5.75 Å². The van der Waals surface area contributed by atoms with Crippen LogP contribution in [-0.2, 0) is 0 Å². The third-order valence-corrected chi connectivity index (χ3v) is 3.04. The third-order valence-electron chi connectivity index (χ3n) is 2.42. The average molecular weight is 323 g/mol. The first-order chi connectivity index (χ1) is 8.47. The van der Waals surface area contributed by atoms with Gasteiger partial charge in [0.2, 0.25) is 0 Å². The number of hydrogen-bond acceptors (Lipinski definition) is 1. The molecule has 2 aromatic carbocycles. The Morgan fingerprint density at radius 1 is 0.944 bits per heavy atom. The van der Waals surface area contributed by atoms with Gasteiger partial charge in [0.15, 0.2) is 23.3 Å². The molecule has 0 saturated carbocycles. The molecule has 0 aliphatic heterocycles. The molecular weight excluding hydrogens is 316 g/mol. The molecule has 0 saturated heterocycles. The second-order valence-corrected chi connectivity index (χ2v) is 4.37. The molecule has 0 aliphatic rings. The Bertz CT molecular complexity index is 627. The minimum absolute atomic E-state index is 0.231. The molecule has 0 bridgehead atoms. The van der Waals surface area contributed by atoms with Crippen LogP contribution in [0.2, 0.25) is 0 Å². The van der Waals surface area contributed by atoms with Crippen molar-refractivity contribution in [3.8, 4) is 5.75 Å². The van der Waals surface area contributed by atoms with E-state index in [1.54, 1.807) is 6.92 Å². The molecule has 2 rings (SSSR count). The van der Waals surface area contributed by atoms with Crippen molar-refractivity contribution in [2.24, 2.45) is 0 Å². The number of hydrogen-bond donors (Lipinski definition) is 0. The molecular formula is C12H7BrF4O. The predicted molar refractivity (Wildman–Crippen MR) is 62.6 cm³/mol. The predicted octanol–water partition coefficient (Wildman–Crippen LogP) is 4.56. The van der Waals surface area contributed by atoms with Gasteiger partial charge in [-0.05, 0) is 35.0 Å². The maximum Gasteiger partial charge on any atom is 0.198 e. The first-order valence-corrected chi connectivity index (χ1v) is 5.84. The minimum Gasteiger partial charge on any atom is -0.493 e. The van der Waals surface area contributed by atoms with Gasteiger partial charge < -0.3 is 4.74 Å². The lowest BCUT2D eigenvalue weighted by Crippen LogP contribution is -1.99. The van der Waals surface area contributed by atoms with Crippen molar-refractivity contribution in [2.75, 3.05) is 6.61 Å². The fourth-order valence-corrected chi connectivity index (χ4v) is 2.07.